The molecule has 0 aliphatic heterocycles. The molecule has 0 aromatic carbocycles. The zero-order chi connectivity index (χ0) is 18.1. The first-order chi connectivity index (χ1) is 12.6. The first kappa shape index (κ1) is 17.4. The summed E-state index contributed by atoms with van der Waals surface area (Å²) < 4.78 is 1.57. The van der Waals surface area contributed by atoms with Crippen molar-refractivity contribution in [2.24, 2.45) is 0 Å². The average molecular weight is 389 g/mol. The Kier molecular flexibility index (Phi) is 4.86. The van der Waals surface area contributed by atoms with E-state index in [0.717, 1.165) is 39.4 Å². The first-order valence-corrected chi connectivity index (χ1v) is 10.4. The Bertz CT molecular complexity index is 1020. The maximum atomic E-state index is 12.8. The third-order valence-electron chi connectivity index (χ3n) is 4.65. The van der Waals surface area contributed by atoms with Crippen molar-refractivity contribution in [1.29, 1.82) is 0 Å². The van der Waals surface area contributed by atoms with Crippen LogP contribution in [0.2, 0.25) is 0 Å². The van der Waals surface area contributed by atoms with Gasteiger partial charge in [-0.15, -0.1) is 22.7 Å². The van der Waals surface area contributed by atoms with Crippen molar-refractivity contribution >= 4 is 38.8 Å². The maximum Gasteiger partial charge on any atom is 0.262 e. The van der Waals surface area contributed by atoms with Crippen LogP contribution in [-0.4, -0.2) is 20.4 Å². The Labute approximate surface area is 158 Å². The highest BCUT2D eigenvalue weighted by molar-refractivity contribution is 7.18. The molecule has 136 valence electrons. The van der Waals surface area contributed by atoms with Gasteiger partial charge in [-0.25, -0.2) is 9.97 Å². The Hall–Kier alpha value is -2.06. The van der Waals surface area contributed by atoms with Crippen LogP contribution in [0, 0.1) is 6.92 Å². The van der Waals surface area contributed by atoms with E-state index < -0.39 is 0 Å². The molecule has 0 radical (unpaired) electrons. The average Bonchev–Trinajstić information content (AvgIpc) is 3.22. The number of amides is 1. The SMILES string of the molecule is Cc1ncc(CNC(=O)CCn2cnc3sc4c(c3c2=O)CCCC4)s1. The van der Waals surface area contributed by atoms with Gasteiger partial charge in [-0.05, 0) is 38.2 Å². The smallest absolute Gasteiger partial charge is 0.262 e. The Morgan fingerprint density at radius 1 is 1.27 bits per heavy atom. The molecule has 4 rings (SSSR count). The van der Waals surface area contributed by atoms with Crippen molar-refractivity contribution < 1.29 is 4.79 Å². The highest BCUT2D eigenvalue weighted by Gasteiger charge is 2.20. The van der Waals surface area contributed by atoms with Crippen LogP contribution < -0.4 is 10.9 Å². The molecule has 1 amide bonds. The lowest BCUT2D eigenvalue weighted by Gasteiger charge is -2.10. The van der Waals surface area contributed by atoms with E-state index >= 15 is 0 Å². The molecule has 1 aliphatic rings. The van der Waals surface area contributed by atoms with Gasteiger partial charge in [0, 0.05) is 28.9 Å². The van der Waals surface area contributed by atoms with Crippen LogP contribution in [0.1, 0.15) is 39.6 Å². The van der Waals surface area contributed by atoms with Gasteiger partial charge in [-0.3, -0.25) is 14.2 Å². The lowest BCUT2D eigenvalue weighted by Crippen LogP contribution is -2.27. The molecule has 3 heterocycles. The molecule has 0 bridgehead atoms. The zero-order valence-corrected chi connectivity index (χ0v) is 16.2. The van der Waals surface area contributed by atoms with Crippen molar-refractivity contribution in [2.75, 3.05) is 0 Å². The van der Waals surface area contributed by atoms with Crippen molar-refractivity contribution in [3.05, 3.63) is 43.2 Å². The number of hydrogen-bond acceptors (Lipinski definition) is 6. The van der Waals surface area contributed by atoms with Gasteiger partial charge in [0.15, 0.2) is 0 Å². The second-order valence-electron chi connectivity index (χ2n) is 6.51. The predicted octanol–water partition coefficient (Wildman–Crippen LogP) is 2.81. The number of thiazole rings is 1. The van der Waals surface area contributed by atoms with E-state index in [1.807, 2.05) is 6.92 Å². The highest BCUT2D eigenvalue weighted by Crippen LogP contribution is 2.33. The third kappa shape index (κ3) is 3.43. The van der Waals surface area contributed by atoms with Gasteiger partial charge in [0.25, 0.3) is 5.56 Å². The number of carbonyl (C=O) groups excluding carboxylic acids is 1. The number of rotatable bonds is 5. The number of thiophene rings is 1. The number of aromatic nitrogens is 3. The molecule has 8 heteroatoms. The summed E-state index contributed by atoms with van der Waals surface area (Å²) in [7, 11) is 0. The van der Waals surface area contributed by atoms with E-state index in [1.54, 1.807) is 39.8 Å². The lowest BCUT2D eigenvalue weighted by molar-refractivity contribution is -0.121. The van der Waals surface area contributed by atoms with E-state index in [9.17, 15) is 9.59 Å². The fourth-order valence-corrected chi connectivity index (χ4v) is 5.28. The Balaban J connectivity index is 1.44. The molecule has 0 atom stereocenters. The molecular weight excluding hydrogens is 368 g/mol. The molecule has 3 aromatic heterocycles. The maximum absolute atomic E-state index is 12.8. The molecule has 3 aromatic rings. The molecule has 0 spiro atoms. The van der Waals surface area contributed by atoms with Crippen molar-refractivity contribution in [2.45, 2.75) is 52.1 Å². The summed E-state index contributed by atoms with van der Waals surface area (Å²) in [6.45, 7) is 2.77. The van der Waals surface area contributed by atoms with E-state index in [2.05, 4.69) is 15.3 Å². The van der Waals surface area contributed by atoms with Gasteiger partial charge in [0.05, 0.1) is 23.3 Å². The Morgan fingerprint density at radius 3 is 2.92 bits per heavy atom. The number of nitrogens with zero attached hydrogens (tertiary/aromatic N) is 3. The molecule has 1 N–H and O–H groups in total. The number of nitrogens with one attached hydrogen (secondary N) is 1. The van der Waals surface area contributed by atoms with Gasteiger partial charge in [-0.1, -0.05) is 0 Å². The number of fused-ring (bicyclic) bond motifs is 3. The molecule has 0 unspecified atom stereocenters. The van der Waals surface area contributed by atoms with E-state index in [-0.39, 0.29) is 17.9 Å². The minimum absolute atomic E-state index is 0.0136. The molecule has 0 fully saturated rings. The van der Waals surface area contributed by atoms with Crippen LogP contribution in [0.5, 0.6) is 0 Å². The molecule has 0 saturated heterocycles. The van der Waals surface area contributed by atoms with E-state index in [0.29, 0.717) is 13.1 Å². The number of aryl methyl sites for hydroxylation is 4. The topological polar surface area (TPSA) is 76.9 Å². The summed E-state index contributed by atoms with van der Waals surface area (Å²) >= 11 is 3.22. The number of hydrogen-bond donors (Lipinski definition) is 1. The summed E-state index contributed by atoms with van der Waals surface area (Å²) in [5, 5.41) is 4.64. The summed E-state index contributed by atoms with van der Waals surface area (Å²) in [6.07, 6.45) is 7.95. The quantitative estimate of drug-likeness (QED) is 0.729. The number of carbonyl (C=O) groups is 1. The zero-order valence-electron chi connectivity index (χ0n) is 14.6. The predicted molar refractivity (Wildman–Crippen MR) is 104 cm³/mol. The van der Waals surface area contributed by atoms with Crippen LogP contribution in [0.25, 0.3) is 10.2 Å². The van der Waals surface area contributed by atoms with E-state index in [1.165, 1.54) is 16.9 Å². The molecule has 1 aliphatic carbocycles. The van der Waals surface area contributed by atoms with Gasteiger partial charge in [0.2, 0.25) is 5.91 Å². The van der Waals surface area contributed by atoms with Gasteiger partial charge < -0.3 is 5.32 Å². The van der Waals surface area contributed by atoms with Gasteiger partial charge in [0.1, 0.15) is 4.83 Å². The summed E-state index contributed by atoms with van der Waals surface area (Å²) in [5.74, 6) is -0.0737. The lowest BCUT2D eigenvalue weighted by atomic mass is 9.97. The standard InChI is InChI=1S/C18H20N4O2S2/c1-11-19-8-12(25-11)9-20-15(23)6-7-22-10-21-17-16(18(22)24)13-4-2-3-5-14(13)26-17/h8,10H,2-7,9H2,1H3,(H,20,23). The summed E-state index contributed by atoms with van der Waals surface area (Å²) in [6, 6.07) is 0. The van der Waals surface area contributed by atoms with E-state index in [4.69, 9.17) is 0 Å². The summed E-state index contributed by atoms with van der Waals surface area (Å²) in [5.41, 5.74) is 1.17. The fourth-order valence-electron chi connectivity index (χ4n) is 3.32. The van der Waals surface area contributed by atoms with Crippen LogP contribution in [-0.2, 0) is 30.7 Å². The molecular formula is C18H20N4O2S2. The summed E-state index contributed by atoms with van der Waals surface area (Å²) in [4.78, 5) is 36.8. The van der Waals surface area contributed by atoms with Gasteiger partial charge in [-0.2, -0.15) is 0 Å². The van der Waals surface area contributed by atoms with Crippen LogP contribution in [0.4, 0.5) is 0 Å². The minimum atomic E-state index is -0.0737. The highest BCUT2D eigenvalue weighted by atomic mass is 32.1. The molecule has 6 nitrogen and oxygen atoms in total. The normalized spacial score (nSPS) is 13.7. The van der Waals surface area contributed by atoms with Crippen molar-refractivity contribution in [1.82, 2.24) is 19.9 Å². The second kappa shape index (κ2) is 7.28. The largest absolute Gasteiger partial charge is 0.351 e. The first-order valence-electron chi connectivity index (χ1n) is 8.79. The van der Waals surface area contributed by atoms with Gasteiger partial charge >= 0.3 is 0 Å². The third-order valence-corrected chi connectivity index (χ3v) is 6.76. The monoisotopic (exact) mass is 388 g/mol. The van der Waals surface area contributed by atoms with Crippen LogP contribution >= 0.6 is 22.7 Å². The van der Waals surface area contributed by atoms with Crippen LogP contribution in [0.15, 0.2) is 17.3 Å². The second-order valence-corrected chi connectivity index (χ2v) is 8.91. The fraction of sp³-hybridized carbons (Fsp3) is 0.444. The molecule has 26 heavy (non-hydrogen) atoms. The van der Waals surface area contributed by atoms with Crippen LogP contribution in [0.3, 0.4) is 0 Å². The Morgan fingerprint density at radius 2 is 2.12 bits per heavy atom. The van der Waals surface area contributed by atoms with Crippen molar-refractivity contribution in [3.8, 4) is 0 Å². The minimum Gasteiger partial charge on any atom is -0.351 e. The molecule has 0 saturated carbocycles. The van der Waals surface area contributed by atoms with Crippen molar-refractivity contribution in [3.63, 3.8) is 0 Å².